The molecule has 0 N–H and O–H groups in total. The maximum atomic E-state index is 12.9. The number of carbonyl (C=O) groups excluding carboxylic acids is 1. The number of hydrogen-bond acceptors (Lipinski definition) is 4. The van der Waals surface area contributed by atoms with Crippen LogP contribution in [0.2, 0.25) is 5.02 Å². The molecule has 122 valence electrons. The van der Waals surface area contributed by atoms with Crippen molar-refractivity contribution in [3.63, 3.8) is 0 Å². The number of aromatic nitrogens is 1. The zero-order valence-electron chi connectivity index (χ0n) is 11.9. The van der Waals surface area contributed by atoms with E-state index in [1.54, 1.807) is 31.2 Å². The summed E-state index contributed by atoms with van der Waals surface area (Å²) in [5.74, 6) is -0.766. The van der Waals surface area contributed by atoms with Gasteiger partial charge in [-0.05, 0) is 37.3 Å². The first kappa shape index (κ1) is 17.6. The minimum Gasteiger partial charge on any atom is -0.461 e. The summed E-state index contributed by atoms with van der Waals surface area (Å²) in [6.45, 7) is 1.71. The predicted molar refractivity (Wildman–Crippen MR) is 80.8 cm³/mol. The van der Waals surface area contributed by atoms with E-state index in [0.29, 0.717) is 16.1 Å². The standard InChI is InChI=1S/C15H11ClF3NO2S/c1-2-22-14(21)13-12(7-9(8-20-13)15(17,18)19)23-11-5-3-10(16)4-6-11/h3-8H,2H2,1H3. The predicted octanol–water partition coefficient (Wildman–Crippen LogP) is 5.08. The third kappa shape index (κ3) is 4.62. The van der Waals surface area contributed by atoms with Gasteiger partial charge >= 0.3 is 12.1 Å². The average Bonchev–Trinajstić information content (AvgIpc) is 2.49. The van der Waals surface area contributed by atoms with Gasteiger partial charge in [0.2, 0.25) is 0 Å². The van der Waals surface area contributed by atoms with Crippen molar-refractivity contribution in [1.82, 2.24) is 4.98 Å². The molecule has 23 heavy (non-hydrogen) atoms. The fourth-order valence-electron chi connectivity index (χ4n) is 1.66. The third-order valence-corrected chi connectivity index (χ3v) is 3.98. The van der Waals surface area contributed by atoms with Gasteiger partial charge in [0.05, 0.1) is 12.2 Å². The fourth-order valence-corrected chi connectivity index (χ4v) is 2.73. The Kier molecular flexibility index (Phi) is 5.54. The van der Waals surface area contributed by atoms with Gasteiger partial charge in [0.15, 0.2) is 5.69 Å². The van der Waals surface area contributed by atoms with Crippen LogP contribution in [0.5, 0.6) is 0 Å². The van der Waals surface area contributed by atoms with Gasteiger partial charge in [-0.3, -0.25) is 0 Å². The monoisotopic (exact) mass is 361 g/mol. The Hall–Kier alpha value is -1.73. The van der Waals surface area contributed by atoms with Gasteiger partial charge in [0.1, 0.15) is 0 Å². The molecule has 0 atom stereocenters. The zero-order valence-corrected chi connectivity index (χ0v) is 13.4. The number of nitrogens with zero attached hydrogens (tertiary/aromatic N) is 1. The molecule has 0 saturated heterocycles. The lowest BCUT2D eigenvalue weighted by molar-refractivity contribution is -0.138. The van der Waals surface area contributed by atoms with Gasteiger partial charge in [-0.1, -0.05) is 23.4 Å². The minimum absolute atomic E-state index is 0.0700. The molecule has 1 aromatic heterocycles. The van der Waals surface area contributed by atoms with E-state index in [0.717, 1.165) is 17.8 Å². The van der Waals surface area contributed by atoms with E-state index in [1.807, 2.05) is 0 Å². The third-order valence-electron chi connectivity index (χ3n) is 2.69. The van der Waals surface area contributed by atoms with Gasteiger partial charge in [-0.25, -0.2) is 9.78 Å². The number of halogens is 4. The van der Waals surface area contributed by atoms with Crippen LogP contribution in [0.1, 0.15) is 23.0 Å². The zero-order chi connectivity index (χ0) is 17.0. The van der Waals surface area contributed by atoms with Gasteiger partial charge < -0.3 is 4.74 Å². The van der Waals surface area contributed by atoms with Crippen molar-refractivity contribution in [3.05, 3.63) is 52.8 Å². The lowest BCUT2D eigenvalue weighted by Gasteiger charge is -2.12. The summed E-state index contributed by atoms with van der Waals surface area (Å²) in [6, 6.07) is 7.38. The number of esters is 1. The first-order chi connectivity index (χ1) is 10.8. The highest BCUT2D eigenvalue weighted by atomic mass is 35.5. The summed E-state index contributed by atoms with van der Waals surface area (Å²) < 4.78 is 43.4. The molecule has 2 aromatic rings. The molecule has 0 spiro atoms. The van der Waals surface area contributed by atoms with Crippen molar-refractivity contribution in [1.29, 1.82) is 0 Å². The first-order valence-electron chi connectivity index (χ1n) is 6.49. The molecule has 1 heterocycles. The van der Waals surface area contributed by atoms with Crippen molar-refractivity contribution in [2.75, 3.05) is 6.61 Å². The van der Waals surface area contributed by atoms with E-state index in [2.05, 4.69) is 4.98 Å². The summed E-state index contributed by atoms with van der Waals surface area (Å²) in [5, 5.41) is 0.502. The van der Waals surface area contributed by atoms with Crippen molar-refractivity contribution >= 4 is 29.3 Å². The molecule has 3 nitrogen and oxygen atoms in total. The Morgan fingerprint density at radius 3 is 2.52 bits per heavy atom. The van der Waals surface area contributed by atoms with E-state index in [4.69, 9.17) is 16.3 Å². The van der Waals surface area contributed by atoms with Gasteiger partial charge in [-0.2, -0.15) is 13.2 Å². The quantitative estimate of drug-likeness (QED) is 0.712. The molecular formula is C15H11ClF3NO2S. The van der Waals surface area contributed by atoms with Crippen molar-refractivity contribution in [2.45, 2.75) is 22.9 Å². The molecule has 0 aliphatic heterocycles. The van der Waals surface area contributed by atoms with Gasteiger partial charge in [-0.15, -0.1) is 0 Å². The Bertz CT molecular complexity index is 705. The number of benzene rings is 1. The summed E-state index contributed by atoms with van der Waals surface area (Å²) in [4.78, 5) is 16.2. The van der Waals surface area contributed by atoms with Crippen LogP contribution < -0.4 is 0 Å². The van der Waals surface area contributed by atoms with Gasteiger partial charge in [0, 0.05) is 21.0 Å². The molecule has 2 rings (SSSR count). The lowest BCUT2D eigenvalue weighted by atomic mass is 10.2. The average molecular weight is 362 g/mol. The van der Waals surface area contributed by atoms with E-state index < -0.39 is 17.7 Å². The molecule has 0 aliphatic rings. The second-order valence-electron chi connectivity index (χ2n) is 4.34. The number of ether oxygens (including phenoxy) is 1. The first-order valence-corrected chi connectivity index (χ1v) is 7.68. The molecule has 0 unspecified atom stereocenters. The van der Waals surface area contributed by atoms with Crippen LogP contribution in [0.25, 0.3) is 0 Å². The smallest absolute Gasteiger partial charge is 0.417 e. The number of alkyl halides is 3. The highest BCUT2D eigenvalue weighted by molar-refractivity contribution is 7.99. The topological polar surface area (TPSA) is 39.2 Å². The summed E-state index contributed by atoms with van der Waals surface area (Å²) in [5.41, 5.74) is -1.08. The van der Waals surface area contributed by atoms with Crippen LogP contribution in [0, 0.1) is 0 Å². The fraction of sp³-hybridized carbons (Fsp3) is 0.200. The van der Waals surface area contributed by atoms with E-state index >= 15 is 0 Å². The molecule has 0 saturated carbocycles. The number of rotatable bonds is 4. The van der Waals surface area contributed by atoms with Crippen molar-refractivity contribution in [2.24, 2.45) is 0 Å². The summed E-state index contributed by atoms with van der Waals surface area (Å²) >= 11 is 6.76. The Balaban J connectivity index is 2.43. The van der Waals surface area contributed by atoms with E-state index in [9.17, 15) is 18.0 Å². The summed E-state index contributed by atoms with van der Waals surface area (Å²) in [7, 11) is 0. The molecule has 0 aliphatic carbocycles. The SMILES string of the molecule is CCOC(=O)c1ncc(C(F)(F)F)cc1Sc1ccc(Cl)cc1. The molecule has 0 radical (unpaired) electrons. The van der Waals surface area contributed by atoms with Crippen molar-refractivity contribution < 1.29 is 22.7 Å². The highest BCUT2D eigenvalue weighted by Gasteiger charge is 2.32. The van der Waals surface area contributed by atoms with Crippen LogP contribution in [-0.2, 0) is 10.9 Å². The second kappa shape index (κ2) is 7.23. The molecular weight excluding hydrogens is 351 g/mol. The van der Waals surface area contributed by atoms with Crippen LogP contribution in [0.4, 0.5) is 13.2 Å². The maximum Gasteiger partial charge on any atom is 0.417 e. The number of carbonyl (C=O) groups is 1. The largest absolute Gasteiger partial charge is 0.461 e. The van der Waals surface area contributed by atoms with E-state index in [-0.39, 0.29) is 17.2 Å². The van der Waals surface area contributed by atoms with Crippen LogP contribution in [-0.4, -0.2) is 17.6 Å². The Morgan fingerprint density at radius 2 is 1.96 bits per heavy atom. The Morgan fingerprint density at radius 1 is 1.30 bits per heavy atom. The summed E-state index contributed by atoms with van der Waals surface area (Å²) in [6.07, 6.45) is -3.92. The van der Waals surface area contributed by atoms with Crippen LogP contribution in [0.3, 0.4) is 0 Å². The van der Waals surface area contributed by atoms with Crippen LogP contribution >= 0.6 is 23.4 Å². The van der Waals surface area contributed by atoms with Crippen molar-refractivity contribution in [3.8, 4) is 0 Å². The normalized spacial score (nSPS) is 11.3. The van der Waals surface area contributed by atoms with E-state index in [1.165, 1.54) is 0 Å². The molecule has 0 fully saturated rings. The Labute approximate surface area is 139 Å². The minimum atomic E-state index is -4.55. The molecule has 0 amide bonds. The second-order valence-corrected chi connectivity index (χ2v) is 5.90. The highest BCUT2D eigenvalue weighted by Crippen LogP contribution is 2.36. The molecule has 1 aromatic carbocycles. The maximum absolute atomic E-state index is 12.9. The van der Waals surface area contributed by atoms with Crippen LogP contribution in [0.15, 0.2) is 46.3 Å². The lowest BCUT2D eigenvalue weighted by Crippen LogP contribution is -2.12. The number of hydrogen-bond donors (Lipinski definition) is 0. The van der Waals surface area contributed by atoms with Gasteiger partial charge in [0.25, 0.3) is 0 Å². The molecule has 8 heteroatoms. The number of pyridine rings is 1. The molecule has 0 bridgehead atoms.